The van der Waals surface area contributed by atoms with Crippen LogP contribution in [0.5, 0.6) is 0 Å². The molecular formula is C7H10N2O. The van der Waals surface area contributed by atoms with Crippen molar-refractivity contribution in [2.75, 3.05) is 0 Å². The minimum absolute atomic E-state index is 0.180. The molecular weight excluding hydrogens is 128 g/mol. The molecule has 0 radical (unpaired) electrons. The van der Waals surface area contributed by atoms with Gasteiger partial charge in [-0.25, -0.2) is 5.84 Å². The molecule has 1 unspecified atom stereocenters. The van der Waals surface area contributed by atoms with E-state index in [-0.39, 0.29) is 11.8 Å². The molecule has 3 heteroatoms. The van der Waals surface area contributed by atoms with Gasteiger partial charge in [-0.1, -0.05) is 19.1 Å². The van der Waals surface area contributed by atoms with Crippen molar-refractivity contribution < 1.29 is 4.79 Å². The number of hydrogen-bond acceptors (Lipinski definition) is 2. The Kier molecular flexibility index (Phi) is 1.87. The molecule has 1 heterocycles. The molecule has 0 saturated carbocycles. The van der Waals surface area contributed by atoms with Gasteiger partial charge in [0.25, 0.3) is 5.91 Å². The highest BCUT2D eigenvalue weighted by molar-refractivity contribution is 5.88. The summed E-state index contributed by atoms with van der Waals surface area (Å²) in [6.45, 7) is 1.99. The first-order valence-corrected chi connectivity index (χ1v) is 3.14. The van der Waals surface area contributed by atoms with E-state index in [2.05, 4.69) is 0 Å². The number of amides is 1. The molecule has 0 aromatic carbocycles. The first-order valence-electron chi connectivity index (χ1n) is 3.14. The molecule has 0 saturated heterocycles. The fraction of sp³-hybridized carbons (Fsp3) is 0.286. The Morgan fingerprint density at radius 1 is 1.60 bits per heavy atom. The molecule has 0 bridgehead atoms. The van der Waals surface area contributed by atoms with E-state index >= 15 is 0 Å². The number of hydrazine groups is 1. The van der Waals surface area contributed by atoms with Gasteiger partial charge in [-0.05, 0) is 5.92 Å². The van der Waals surface area contributed by atoms with Gasteiger partial charge in [0.1, 0.15) is 0 Å². The van der Waals surface area contributed by atoms with E-state index in [4.69, 9.17) is 5.84 Å². The van der Waals surface area contributed by atoms with Gasteiger partial charge in [0.15, 0.2) is 0 Å². The number of nitrogens with zero attached hydrogens (tertiary/aromatic N) is 1. The predicted molar refractivity (Wildman–Crippen MR) is 38.5 cm³/mol. The lowest BCUT2D eigenvalue weighted by Gasteiger charge is -2.05. The summed E-state index contributed by atoms with van der Waals surface area (Å²) in [4.78, 5) is 10.8. The number of carbonyl (C=O) groups excluding carboxylic acids is 1. The summed E-state index contributed by atoms with van der Waals surface area (Å²) in [5, 5.41) is 1.07. The molecule has 0 fully saturated rings. The van der Waals surface area contributed by atoms with Crippen LogP contribution < -0.4 is 5.84 Å². The van der Waals surface area contributed by atoms with Crippen LogP contribution in [0, 0.1) is 5.92 Å². The predicted octanol–water partition coefficient (Wildman–Crippen LogP) is 0.408. The highest BCUT2D eigenvalue weighted by Gasteiger charge is 2.05. The van der Waals surface area contributed by atoms with Crippen molar-refractivity contribution in [2.24, 2.45) is 11.8 Å². The molecule has 1 rings (SSSR count). The maximum atomic E-state index is 10.8. The summed E-state index contributed by atoms with van der Waals surface area (Å²) in [5.41, 5.74) is 0. The van der Waals surface area contributed by atoms with Crippen LogP contribution in [0.1, 0.15) is 6.92 Å². The smallest absolute Gasteiger partial charge is 0.264 e. The summed E-state index contributed by atoms with van der Waals surface area (Å²) in [6, 6.07) is 0. The van der Waals surface area contributed by atoms with Crippen molar-refractivity contribution in [2.45, 2.75) is 6.92 Å². The fourth-order valence-electron chi connectivity index (χ4n) is 0.686. The number of carbonyl (C=O) groups is 1. The second-order valence-corrected chi connectivity index (χ2v) is 2.31. The third-order valence-corrected chi connectivity index (χ3v) is 1.35. The van der Waals surface area contributed by atoms with Gasteiger partial charge in [-0.15, -0.1) is 0 Å². The van der Waals surface area contributed by atoms with Crippen molar-refractivity contribution in [3.63, 3.8) is 0 Å². The summed E-state index contributed by atoms with van der Waals surface area (Å²) in [7, 11) is 0. The Bertz CT molecular complexity index is 196. The van der Waals surface area contributed by atoms with Crippen LogP contribution in [0.2, 0.25) is 0 Å². The lowest BCUT2D eigenvalue weighted by molar-refractivity contribution is -0.123. The standard InChI is InChI=1S/C7H10N2O/c1-6-2-3-7(10)9(8)5-4-6/h2-6H,8H2,1H3. The van der Waals surface area contributed by atoms with Crippen molar-refractivity contribution in [3.05, 3.63) is 24.4 Å². The van der Waals surface area contributed by atoms with Crippen molar-refractivity contribution in [3.8, 4) is 0 Å². The second kappa shape index (κ2) is 2.66. The zero-order valence-electron chi connectivity index (χ0n) is 5.82. The van der Waals surface area contributed by atoms with Gasteiger partial charge < -0.3 is 0 Å². The van der Waals surface area contributed by atoms with Gasteiger partial charge in [0.05, 0.1) is 0 Å². The van der Waals surface area contributed by atoms with Crippen molar-refractivity contribution >= 4 is 5.91 Å². The van der Waals surface area contributed by atoms with Gasteiger partial charge >= 0.3 is 0 Å². The van der Waals surface area contributed by atoms with Crippen molar-refractivity contribution in [1.29, 1.82) is 0 Å². The first-order chi connectivity index (χ1) is 4.70. The summed E-state index contributed by atoms with van der Waals surface area (Å²) in [6.07, 6.45) is 6.73. The first kappa shape index (κ1) is 7.02. The molecule has 0 spiro atoms. The average Bonchev–Trinajstić information content (AvgIpc) is 2.04. The number of nitrogens with two attached hydrogens (primary N) is 1. The molecule has 1 atom stereocenters. The Labute approximate surface area is 59.8 Å². The van der Waals surface area contributed by atoms with E-state index in [1.807, 2.05) is 19.1 Å². The molecule has 1 amide bonds. The maximum Gasteiger partial charge on any atom is 0.264 e. The van der Waals surface area contributed by atoms with E-state index in [1.54, 1.807) is 6.20 Å². The molecule has 0 aromatic heterocycles. The van der Waals surface area contributed by atoms with Crippen LogP contribution in [0.25, 0.3) is 0 Å². The Morgan fingerprint density at radius 3 is 3.00 bits per heavy atom. The van der Waals surface area contributed by atoms with Gasteiger partial charge in [0, 0.05) is 12.3 Å². The minimum Gasteiger partial charge on any atom is -0.268 e. The molecule has 3 nitrogen and oxygen atoms in total. The lowest BCUT2D eigenvalue weighted by atomic mass is 10.2. The summed E-state index contributed by atoms with van der Waals surface area (Å²) in [5.74, 6) is 5.40. The van der Waals surface area contributed by atoms with Crippen LogP contribution in [0.15, 0.2) is 24.4 Å². The Morgan fingerprint density at radius 2 is 2.30 bits per heavy atom. The molecule has 1 aliphatic rings. The molecule has 1 aliphatic heterocycles. The largest absolute Gasteiger partial charge is 0.268 e. The van der Waals surface area contributed by atoms with Crippen LogP contribution in [0.4, 0.5) is 0 Å². The Hall–Kier alpha value is -1.09. The quantitative estimate of drug-likeness (QED) is 0.389. The third-order valence-electron chi connectivity index (χ3n) is 1.35. The van der Waals surface area contributed by atoms with Crippen LogP contribution in [0.3, 0.4) is 0 Å². The average molecular weight is 138 g/mol. The van der Waals surface area contributed by atoms with Gasteiger partial charge in [-0.3, -0.25) is 9.80 Å². The minimum atomic E-state index is -0.180. The second-order valence-electron chi connectivity index (χ2n) is 2.31. The highest BCUT2D eigenvalue weighted by Crippen LogP contribution is 2.04. The van der Waals surface area contributed by atoms with E-state index in [0.29, 0.717) is 0 Å². The van der Waals surface area contributed by atoms with Crippen LogP contribution in [-0.2, 0) is 4.79 Å². The van der Waals surface area contributed by atoms with E-state index in [1.165, 1.54) is 6.08 Å². The van der Waals surface area contributed by atoms with Gasteiger partial charge in [-0.2, -0.15) is 0 Å². The molecule has 54 valence electrons. The maximum absolute atomic E-state index is 10.8. The summed E-state index contributed by atoms with van der Waals surface area (Å²) >= 11 is 0. The van der Waals surface area contributed by atoms with E-state index < -0.39 is 0 Å². The SMILES string of the molecule is CC1C=CC(=O)N(N)C=C1. The number of hydrogen-bond donors (Lipinski definition) is 1. The van der Waals surface area contributed by atoms with Crippen LogP contribution in [-0.4, -0.2) is 10.9 Å². The number of allylic oxidation sites excluding steroid dienone is 2. The molecule has 2 N–H and O–H groups in total. The monoisotopic (exact) mass is 138 g/mol. The molecule has 10 heavy (non-hydrogen) atoms. The Balaban J connectivity index is 2.79. The zero-order chi connectivity index (χ0) is 7.56. The van der Waals surface area contributed by atoms with E-state index in [0.717, 1.165) is 5.01 Å². The lowest BCUT2D eigenvalue weighted by Crippen LogP contribution is -2.29. The third kappa shape index (κ3) is 1.45. The topological polar surface area (TPSA) is 46.3 Å². The normalized spacial score (nSPS) is 25.2. The summed E-state index contributed by atoms with van der Waals surface area (Å²) < 4.78 is 0. The highest BCUT2D eigenvalue weighted by atomic mass is 16.2. The molecule has 0 aromatic rings. The van der Waals surface area contributed by atoms with Gasteiger partial charge in [0.2, 0.25) is 0 Å². The zero-order valence-corrected chi connectivity index (χ0v) is 5.82. The van der Waals surface area contributed by atoms with Crippen molar-refractivity contribution in [1.82, 2.24) is 5.01 Å². The number of rotatable bonds is 0. The van der Waals surface area contributed by atoms with Crippen LogP contribution >= 0.6 is 0 Å². The van der Waals surface area contributed by atoms with E-state index in [9.17, 15) is 4.79 Å². The molecule has 0 aliphatic carbocycles. The fourth-order valence-corrected chi connectivity index (χ4v) is 0.686.